The van der Waals surface area contributed by atoms with Crippen molar-refractivity contribution in [3.63, 3.8) is 0 Å². The number of fused-ring (bicyclic) bond motifs is 7. The summed E-state index contributed by atoms with van der Waals surface area (Å²) in [6, 6.07) is 39.2. The molecule has 0 amide bonds. The van der Waals surface area contributed by atoms with E-state index < -0.39 is 0 Å². The minimum atomic E-state index is -0.338. The maximum atomic E-state index is 10.6. The predicted molar refractivity (Wildman–Crippen MR) is 166 cm³/mol. The second kappa shape index (κ2) is 9.96. The monoisotopic (exact) mass is 558 g/mol. The van der Waals surface area contributed by atoms with Gasteiger partial charge < -0.3 is 20.0 Å². The Morgan fingerprint density at radius 3 is 1.33 bits per heavy atom. The van der Waals surface area contributed by atoms with Crippen molar-refractivity contribution in [3.05, 3.63) is 131 Å². The minimum absolute atomic E-state index is 0.0151. The summed E-state index contributed by atoms with van der Waals surface area (Å²) >= 11 is 0. The van der Waals surface area contributed by atoms with E-state index in [9.17, 15) is 10.2 Å². The van der Waals surface area contributed by atoms with Gasteiger partial charge in [0, 0.05) is 47.4 Å². The van der Waals surface area contributed by atoms with Gasteiger partial charge in [0.15, 0.2) is 0 Å². The lowest BCUT2D eigenvalue weighted by atomic mass is 9.54. The van der Waals surface area contributed by atoms with Gasteiger partial charge in [-0.3, -0.25) is 10.6 Å². The molecule has 4 N–H and O–H groups in total. The molecule has 8 rings (SSSR count). The number of para-hydroxylation sites is 2. The molecule has 6 heteroatoms. The Kier molecular flexibility index (Phi) is 6.16. The number of hydrogen-bond donors (Lipinski definition) is 4. The molecule has 2 fully saturated rings. The van der Waals surface area contributed by atoms with E-state index in [1.807, 2.05) is 0 Å². The molecular formula is C36H38N4O2. The Morgan fingerprint density at radius 2 is 0.929 bits per heavy atom. The molecule has 0 aliphatic carbocycles. The molecule has 42 heavy (non-hydrogen) atoms. The van der Waals surface area contributed by atoms with Gasteiger partial charge in [-0.25, -0.2) is 0 Å². The summed E-state index contributed by atoms with van der Waals surface area (Å²) < 4.78 is 0. The lowest BCUT2D eigenvalue weighted by Gasteiger charge is -2.49. The lowest BCUT2D eigenvalue weighted by molar-refractivity contribution is 0.173. The van der Waals surface area contributed by atoms with Crippen LogP contribution in [0.1, 0.15) is 35.1 Å². The van der Waals surface area contributed by atoms with E-state index in [4.69, 9.17) is 0 Å². The quantitative estimate of drug-likeness (QED) is 0.272. The summed E-state index contributed by atoms with van der Waals surface area (Å²) in [6.07, 6.45) is 1.61. The smallest absolute Gasteiger partial charge is 0.0911 e. The highest BCUT2D eigenvalue weighted by Gasteiger charge is 2.73. The van der Waals surface area contributed by atoms with E-state index in [2.05, 4.69) is 130 Å². The third-order valence-electron chi connectivity index (χ3n) is 10.5. The van der Waals surface area contributed by atoms with Crippen molar-refractivity contribution in [2.45, 2.75) is 61.2 Å². The van der Waals surface area contributed by atoms with Gasteiger partial charge in [-0.2, -0.15) is 0 Å². The fraction of sp³-hybridized carbons (Fsp3) is 0.333. The SMILES string of the molecule is OC[C@@H]1CC2(C34C[C@@H](CO)NC3N(Cc3ccccc3)c3ccccc34)c3ccccc3N(Cc3ccccc3)C2N1. The highest BCUT2D eigenvalue weighted by atomic mass is 16.3. The average molecular weight is 559 g/mol. The highest BCUT2D eigenvalue weighted by Crippen LogP contribution is 2.67. The number of aliphatic hydroxyl groups is 2. The fourth-order valence-corrected chi connectivity index (χ4v) is 9.04. The van der Waals surface area contributed by atoms with Crippen LogP contribution in [0.2, 0.25) is 0 Å². The van der Waals surface area contributed by atoms with Crippen molar-refractivity contribution in [2.75, 3.05) is 23.0 Å². The zero-order valence-electron chi connectivity index (χ0n) is 23.7. The number of aliphatic hydroxyl groups excluding tert-OH is 2. The number of nitrogens with one attached hydrogen (secondary N) is 2. The molecular weight excluding hydrogens is 520 g/mol. The molecule has 4 aliphatic rings. The summed E-state index contributed by atoms with van der Waals surface area (Å²) in [6.45, 7) is 1.74. The van der Waals surface area contributed by atoms with E-state index in [1.165, 1.54) is 33.6 Å². The molecule has 4 aromatic rings. The first-order chi connectivity index (χ1) is 20.7. The number of rotatable bonds is 7. The Bertz CT molecular complexity index is 1460. The van der Waals surface area contributed by atoms with Crippen molar-refractivity contribution < 1.29 is 10.2 Å². The molecule has 6 atom stereocenters. The predicted octanol–water partition coefficient (Wildman–Crippen LogP) is 4.26. The first-order valence-corrected chi connectivity index (χ1v) is 15.2. The molecule has 4 heterocycles. The summed E-state index contributed by atoms with van der Waals surface area (Å²) in [7, 11) is 0. The number of nitrogens with zero attached hydrogens (tertiary/aromatic N) is 2. The van der Waals surface area contributed by atoms with Crippen molar-refractivity contribution >= 4 is 11.4 Å². The van der Waals surface area contributed by atoms with Gasteiger partial charge >= 0.3 is 0 Å². The summed E-state index contributed by atoms with van der Waals surface area (Å²) in [5.74, 6) is 0. The Morgan fingerprint density at radius 1 is 0.548 bits per heavy atom. The molecule has 0 spiro atoms. The third kappa shape index (κ3) is 3.53. The molecule has 0 bridgehead atoms. The first kappa shape index (κ1) is 26.0. The molecule has 4 aliphatic heterocycles. The molecule has 0 saturated carbocycles. The van der Waals surface area contributed by atoms with Gasteiger partial charge in [-0.15, -0.1) is 0 Å². The van der Waals surface area contributed by atoms with Gasteiger partial charge in [0.25, 0.3) is 0 Å². The maximum Gasteiger partial charge on any atom is 0.0911 e. The number of hydrogen-bond acceptors (Lipinski definition) is 6. The molecule has 4 unspecified atom stereocenters. The number of anilines is 2. The molecule has 6 nitrogen and oxygen atoms in total. The summed E-state index contributed by atoms with van der Waals surface area (Å²) in [5.41, 5.74) is 7.06. The van der Waals surface area contributed by atoms with Crippen LogP contribution >= 0.6 is 0 Å². The summed E-state index contributed by atoms with van der Waals surface area (Å²) in [5, 5.41) is 29.1. The van der Waals surface area contributed by atoms with Gasteiger partial charge in [0.2, 0.25) is 0 Å². The largest absolute Gasteiger partial charge is 0.395 e. The van der Waals surface area contributed by atoms with Crippen LogP contribution in [0.25, 0.3) is 0 Å². The first-order valence-electron chi connectivity index (χ1n) is 15.2. The zero-order chi connectivity index (χ0) is 28.3. The van der Waals surface area contributed by atoms with Crippen molar-refractivity contribution in [3.8, 4) is 0 Å². The van der Waals surface area contributed by atoms with E-state index in [0.29, 0.717) is 0 Å². The Balaban J connectivity index is 1.35. The van der Waals surface area contributed by atoms with E-state index in [-0.39, 0.29) is 48.5 Å². The van der Waals surface area contributed by atoms with E-state index in [1.54, 1.807) is 0 Å². The van der Waals surface area contributed by atoms with Crippen LogP contribution in [0.5, 0.6) is 0 Å². The van der Waals surface area contributed by atoms with Crippen LogP contribution in [-0.2, 0) is 23.9 Å². The van der Waals surface area contributed by atoms with Crippen molar-refractivity contribution in [2.24, 2.45) is 0 Å². The number of benzene rings is 4. The molecule has 0 radical (unpaired) electrons. The molecule has 0 aromatic heterocycles. The van der Waals surface area contributed by atoms with Crippen LogP contribution in [0.4, 0.5) is 11.4 Å². The fourth-order valence-electron chi connectivity index (χ4n) is 9.04. The van der Waals surface area contributed by atoms with E-state index >= 15 is 0 Å². The highest BCUT2D eigenvalue weighted by molar-refractivity contribution is 5.74. The standard InChI is InChI=1S/C36H38N4O2/c41-23-27-19-35(29-15-7-9-17-31(29)39(33(35)37-27)21-25-11-3-1-4-12-25)36-20-28(24-42)38-34(36)40(22-26-13-5-2-6-14-26)32-18-10-8-16-30(32)36/h1-18,27-28,33-34,37-38,41-42H,19-24H2/t27-,28-,33?,34?,35?,36?/m0/s1. The topological polar surface area (TPSA) is 71.0 Å². The molecule has 2 saturated heterocycles. The normalized spacial score (nSPS) is 30.7. The Labute approximate surface area is 247 Å². The summed E-state index contributed by atoms with van der Waals surface area (Å²) in [4.78, 5) is 5.09. The zero-order valence-corrected chi connectivity index (χ0v) is 23.7. The maximum absolute atomic E-state index is 10.6. The van der Waals surface area contributed by atoms with Crippen LogP contribution in [0, 0.1) is 0 Å². The van der Waals surface area contributed by atoms with Gasteiger partial charge in [0.05, 0.1) is 25.5 Å². The second-order valence-electron chi connectivity index (χ2n) is 12.5. The molecule has 214 valence electrons. The van der Waals surface area contributed by atoms with Crippen molar-refractivity contribution in [1.29, 1.82) is 0 Å². The third-order valence-corrected chi connectivity index (χ3v) is 10.5. The molecule has 4 aromatic carbocycles. The minimum Gasteiger partial charge on any atom is -0.395 e. The Hall–Kier alpha value is -3.68. The van der Waals surface area contributed by atoms with Gasteiger partial charge in [-0.05, 0) is 47.2 Å². The van der Waals surface area contributed by atoms with Gasteiger partial charge in [0.1, 0.15) is 0 Å². The second-order valence-corrected chi connectivity index (χ2v) is 12.5. The average Bonchev–Trinajstić information content (AvgIpc) is 3.76. The van der Waals surface area contributed by atoms with Crippen LogP contribution < -0.4 is 20.4 Å². The van der Waals surface area contributed by atoms with E-state index in [0.717, 1.165) is 25.9 Å². The van der Waals surface area contributed by atoms with Gasteiger partial charge in [-0.1, -0.05) is 97.1 Å². The lowest BCUT2D eigenvalue weighted by Crippen LogP contribution is -2.63. The van der Waals surface area contributed by atoms with Crippen LogP contribution in [0.3, 0.4) is 0 Å². The van der Waals surface area contributed by atoms with Crippen molar-refractivity contribution in [1.82, 2.24) is 10.6 Å². The van der Waals surface area contributed by atoms with Crippen LogP contribution in [0.15, 0.2) is 109 Å². The van der Waals surface area contributed by atoms with Crippen LogP contribution in [-0.4, -0.2) is 47.8 Å².